The highest BCUT2D eigenvalue weighted by Crippen LogP contribution is 2.25. The maximum absolute atomic E-state index is 11.8. The minimum absolute atomic E-state index is 0.0119. The van der Waals surface area contributed by atoms with Gasteiger partial charge >= 0.3 is 0 Å². The summed E-state index contributed by atoms with van der Waals surface area (Å²) < 4.78 is 17.6. The zero-order chi connectivity index (χ0) is 9.68. The third-order valence-electron chi connectivity index (χ3n) is 1.51. The van der Waals surface area contributed by atoms with Crippen LogP contribution >= 0.6 is 15.9 Å². The molecule has 0 saturated heterocycles. The molecule has 72 valence electrons. The monoisotopic (exact) mass is 248 g/mol. The molecule has 0 aliphatic carbocycles. The first kappa shape index (κ1) is 10.5. The Hall–Kier alpha value is -0.610. The van der Waals surface area contributed by atoms with Crippen molar-refractivity contribution in [2.24, 2.45) is 0 Å². The second kappa shape index (κ2) is 5.19. The van der Waals surface area contributed by atoms with Gasteiger partial charge in [-0.25, -0.2) is 4.39 Å². The summed E-state index contributed by atoms with van der Waals surface area (Å²) >= 11 is 3.26. The highest BCUT2D eigenvalue weighted by Gasteiger charge is 2.01. The molecular weight excluding hydrogens is 239 g/mol. The van der Waals surface area contributed by atoms with Gasteiger partial charge in [0.2, 0.25) is 0 Å². The standard InChI is InChI=1S/C9H10BrFO2/c10-8-5-7(6-12)1-2-9(8)13-4-3-11/h1-2,5,12H,3-4,6H2. The average Bonchev–Trinajstić information content (AvgIpc) is 2.16. The van der Waals surface area contributed by atoms with Gasteiger partial charge in [-0.2, -0.15) is 0 Å². The lowest BCUT2D eigenvalue weighted by atomic mass is 10.2. The van der Waals surface area contributed by atoms with Crippen molar-refractivity contribution >= 4 is 15.9 Å². The van der Waals surface area contributed by atoms with Crippen LogP contribution in [0.3, 0.4) is 0 Å². The quantitative estimate of drug-likeness (QED) is 0.887. The molecule has 4 heteroatoms. The van der Waals surface area contributed by atoms with E-state index in [1.165, 1.54) is 0 Å². The molecular formula is C9H10BrFO2. The van der Waals surface area contributed by atoms with E-state index in [1.807, 2.05) is 0 Å². The summed E-state index contributed by atoms with van der Waals surface area (Å²) in [5, 5.41) is 8.81. The lowest BCUT2D eigenvalue weighted by Crippen LogP contribution is -1.99. The van der Waals surface area contributed by atoms with Gasteiger partial charge in [0.25, 0.3) is 0 Å². The molecule has 0 spiro atoms. The number of rotatable bonds is 4. The normalized spacial score (nSPS) is 10.1. The molecule has 2 nitrogen and oxygen atoms in total. The Labute approximate surface area is 84.5 Å². The molecule has 0 radical (unpaired) electrons. The summed E-state index contributed by atoms with van der Waals surface area (Å²) in [6, 6.07) is 5.18. The van der Waals surface area contributed by atoms with Crippen LogP contribution in [-0.4, -0.2) is 18.4 Å². The van der Waals surface area contributed by atoms with Crippen molar-refractivity contribution in [2.45, 2.75) is 6.61 Å². The highest BCUT2D eigenvalue weighted by molar-refractivity contribution is 9.10. The maximum atomic E-state index is 11.8. The van der Waals surface area contributed by atoms with Crippen molar-refractivity contribution in [3.05, 3.63) is 28.2 Å². The largest absolute Gasteiger partial charge is 0.490 e. The SMILES string of the molecule is OCc1ccc(OCCF)c(Br)c1. The summed E-state index contributed by atoms with van der Waals surface area (Å²) in [6.45, 7) is -0.465. The highest BCUT2D eigenvalue weighted by atomic mass is 79.9. The summed E-state index contributed by atoms with van der Waals surface area (Å²) in [6.07, 6.45) is 0. The van der Waals surface area contributed by atoms with Crippen molar-refractivity contribution in [3.63, 3.8) is 0 Å². The summed E-state index contributed by atoms with van der Waals surface area (Å²) in [4.78, 5) is 0. The summed E-state index contributed by atoms with van der Waals surface area (Å²) in [7, 11) is 0. The molecule has 0 heterocycles. The Morgan fingerprint density at radius 2 is 2.23 bits per heavy atom. The van der Waals surface area contributed by atoms with Crippen molar-refractivity contribution in [1.82, 2.24) is 0 Å². The fourth-order valence-electron chi connectivity index (χ4n) is 0.908. The Morgan fingerprint density at radius 3 is 2.77 bits per heavy atom. The number of halogens is 2. The zero-order valence-electron chi connectivity index (χ0n) is 6.96. The van der Waals surface area contributed by atoms with Crippen molar-refractivity contribution in [3.8, 4) is 5.75 Å². The third-order valence-corrected chi connectivity index (χ3v) is 2.13. The van der Waals surface area contributed by atoms with Gasteiger partial charge in [-0.15, -0.1) is 0 Å². The van der Waals surface area contributed by atoms with E-state index in [4.69, 9.17) is 9.84 Å². The van der Waals surface area contributed by atoms with Crippen molar-refractivity contribution in [2.75, 3.05) is 13.3 Å². The van der Waals surface area contributed by atoms with Gasteiger partial charge in [-0.05, 0) is 33.6 Å². The first-order chi connectivity index (χ1) is 6.27. The van der Waals surface area contributed by atoms with Crippen LogP contribution in [-0.2, 0) is 6.61 Å². The van der Waals surface area contributed by atoms with E-state index in [1.54, 1.807) is 18.2 Å². The Balaban J connectivity index is 2.73. The Kier molecular flexibility index (Phi) is 4.18. The second-order valence-corrected chi connectivity index (χ2v) is 3.31. The lowest BCUT2D eigenvalue weighted by molar-refractivity contribution is 0.270. The van der Waals surface area contributed by atoms with E-state index in [2.05, 4.69) is 15.9 Å². The topological polar surface area (TPSA) is 29.5 Å². The van der Waals surface area contributed by atoms with Crippen LogP contribution in [0, 0.1) is 0 Å². The van der Waals surface area contributed by atoms with Crippen LogP contribution in [0.4, 0.5) is 4.39 Å². The summed E-state index contributed by atoms with van der Waals surface area (Å²) in [5.41, 5.74) is 0.791. The fraction of sp³-hybridized carbons (Fsp3) is 0.333. The molecule has 0 aliphatic heterocycles. The van der Waals surface area contributed by atoms with Gasteiger partial charge in [-0.1, -0.05) is 6.07 Å². The van der Waals surface area contributed by atoms with E-state index in [9.17, 15) is 4.39 Å². The van der Waals surface area contributed by atoms with E-state index >= 15 is 0 Å². The van der Waals surface area contributed by atoms with Gasteiger partial charge in [0.05, 0.1) is 11.1 Å². The molecule has 0 unspecified atom stereocenters. The third kappa shape index (κ3) is 2.97. The molecule has 1 aromatic rings. The number of benzene rings is 1. The molecule has 0 fully saturated rings. The van der Waals surface area contributed by atoms with Gasteiger partial charge in [0.15, 0.2) is 0 Å². The molecule has 1 aromatic carbocycles. The summed E-state index contributed by atoms with van der Waals surface area (Å²) in [5.74, 6) is 0.592. The maximum Gasteiger partial charge on any atom is 0.133 e. The van der Waals surface area contributed by atoms with Crippen LogP contribution in [0.2, 0.25) is 0 Å². The second-order valence-electron chi connectivity index (χ2n) is 2.46. The first-order valence-corrected chi connectivity index (χ1v) is 4.65. The van der Waals surface area contributed by atoms with Gasteiger partial charge in [-0.3, -0.25) is 0 Å². The lowest BCUT2D eigenvalue weighted by Gasteiger charge is -2.06. The van der Waals surface area contributed by atoms with Crippen LogP contribution in [0.15, 0.2) is 22.7 Å². The molecule has 1 N–H and O–H groups in total. The van der Waals surface area contributed by atoms with Crippen LogP contribution in [0.1, 0.15) is 5.56 Å². The van der Waals surface area contributed by atoms with E-state index < -0.39 is 6.67 Å². The average molecular weight is 249 g/mol. The molecule has 1 rings (SSSR count). The van der Waals surface area contributed by atoms with Crippen LogP contribution in [0.5, 0.6) is 5.75 Å². The molecule has 0 saturated carbocycles. The Bertz CT molecular complexity index is 278. The van der Waals surface area contributed by atoms with Gasteiger partial charge in [0, 0.05) is 0 Å². The molecule has 0 atom stereocenters. The van der Waals surface area contributed by atoms with Crippen LogP contribution in [0.25, 0.3) is 0 Å². The minimum Gasteiger partial charge on any atom is -0.490 e. The number of hydrogen-bond donors (Lipinski definition) is 1. The van der Waals surface area contributed by atoms with Crippen molar-refractivity contribution < 1.29 is 14.2 Å². The molecule has 0 aromatic heterocycles. The number of alkyl halides is 1. The van der Waals surface area contributed by atoms with Crippen LogP contribution < -0.4 is 4.74 Å². The van der Waals surface area contributed by atoms with Gasteiger partial charge < -0.3 is 9.84 Å². The number of aliphatic hydroxyl groups is 1. The number of hydrogen-bond acceptors (Lipinski definition) is 2. The molecule has 0 aliphatic rings. The molecule has 13 heavy (non-hydrogen) atoms. The van der Waals surface area contributed by atoms with E-state index in [0.717, 1.165) is 10.0 Å². The molecule has 0 bridgehead atoms. The van der Waals surface area contributed by atoms with Crippen molar-refractivity contribution in [1.29, 1.82) is 0 Å². The predicted molar refractivity (Wildman–Crippen MR) is 51.5 cm³/mol. The van der Waals surface area contributed by atoms with E-state index in [-0.39, 0.29) is 13.2 Å². The minimum atomic E-state index is -0.506. The molecule has 0 amide bonds. The number of aliphatic hydroxyl groups excluding tert-OH is 1. The van der Waals surface area contributed by atoms with Gasteiger partial charge in [0.1, 0.15) is 19.0 Å². The fourth-order valence-corrected chi connectivity index (χ4v) is 1.45. The number of ether oxygens (including phenoxy) is 1. The predicted octanol–water partition coefficient (Wildman–Crippen LogP) is 2.29. The van der Waals surface area contributed by atoms with E-state index in [0.29, 0.717) is 5.75 Å². The first-order valence-electron chi connectivity index (χ1n) is 3.86. The smallest absolute Gasteiger partial charge is 0.133 e. The Morgan fingerprint density at radius 1 is 1.46 bits per heavy atom. The zero-order valence-corrected chi connectivity index (χ0v) is 8.55.